The number of primary amides is 1. The Balaban J connectivity index is 2.60. The molecular weight excluding hydrogens is 220 g/mol. The number of thioether (sulfide) groups is 1. The Morgan fingerprint density at radius 2 is 2.12 bits per heavy atom. The molecule has 16 heavy (non-hydrogen) atoms. The van der Waals surface area contributed by atoms with Gasteiger partial charge < -0.3 is 11.1 Å². The lowest BCUT2D eigenvalue weighted by atomic mass is 10.3. The SMILES string of the molecule is CC(C)Nc1ccccc1SCCC(N)=O. The Bertz CT molecular complexity index is 353. The van der Waals surface area contributed by atoms with Crippen LogP contribution in [-0.4, -0.2) is 17.7 Å². The second kappa shape index (κ2) is 6.43. The molecule has 0 saturated heterocycles. The molecule has 0 aromatic heterocycles. The van der Waals surface area contributed by atoms with Gasteiger partial charge in [0.2, 0.25) is 5.91 Å². The lowest BCUT2D eigenvalue weighted by Crippen LogP contribution is -2.12. The predicted molar refractivity (Wildman–Crippen MR) is 69.7 cm³/mol. The van der Waals surface area contributed by atoms with Crippen LogP contribution in [0.25, 0.3) is 0 Å². The van der Waals surface area contributed by atoms with Crippen molar-refractivity contribution in [1.29, 1.82) is 0 Å². The molecular formula is C12H18N2OS. The van der Waals surface area contributed by atoms with Crippen molar-refractivity contribution in [3.63, 3.8) is 0 Å². The molecule has 1 amide bonds. The number of hydrogen-bond donors (Lipinski definition) is 2. The Morgan fingerprint density at radius 1 is 1.44 bits per heavy atom. The molecule has 0 aliphatic rings. The van der Waals surface area contributed by atoms with Crippen molar-refractivity contribution < 1.29 is 4.79 Å². The van der Waals surface area contributed by atoms with Crippen molar-refractivity contribution in [3.05, 3.63) is 24.3 Å². The maximum Gasteiger partial charge on any atom is 0.218 e. The van der Waals surface area contributed by atoms with Crippen molar-refractivity contribution in [2.75, 3.05) is 11.1 Å². The third-order valence-electron chi connectivity index (χ3n) is 1.94. The van der Waals surface area contributed by atoms with Gasteiger partial charge in [-0.25, -0.2) is 0 Å². The zero-order valence-electron chi connectivity index (χ0n) is 9.69. The van der Waals surface area contributed by atoms with E-state index in [0.717, 1.165) is 16.3 Å². The van der Waals surface area contributed by atoms with E-state index >= 15 is 0 Å². The Labute approximate surface area is 101 Å². The van der Waals surface area contributed by atoms with Gasteiger partial charge >= 0.3 is 0 Å². The van der Waals surface area contributed by atoms with Gasteiger partial charge in [-0.2, -0.15) is 0 Å². The highest BCUT2D eigenvalue weighted by Gasteiger charge is 2.04. The molecule has 0 spiro atoms. The van der Waals surface area contributed by atoms with Gasteiger partial charge in [0.05, 0.1) is 0 Å². The molecule has 0 aliphatic carbocycles. The maximum atomic E-state index is 10.6. The molecule has 1 aromatic carbocycles. The second-order valence-electron chi connectivity index (χ2n) is 3.86. The van der Waals surface area contributed by atoms with Gasteiger partial charge in [0.25, 0.3) is 0 Å². The molecule has 0 atom stereocenters. The number of anilines is 1. The van der Waals surface area contributed by atoms with Crippen molar-refractivity contribution in [3.8, 4) is 0 Å². The van der Waals surface area contributed by atoms with E-state index in [1.165, 1.54) is 0 Å². The average Bonchev–Trinajstić information content (AvgIpc) is 2.19. The average molecular weight is 238 g/mol. The summed E-state index contributed by atoms with van der Waals surface area (Å²) in [7, 11) is 0. The molecule has 0 fully saturated rings. The van der Waals surface area contributed by atoms with Gasteiger partial charge in [0.1, 0.15) is 0 Å². The molecule has 3 N–H and O–H groups in total. The van der Waals surface area contributed by atoms with Gasteiger partial charge in [-0.3, -0.25) is 4.79 Å². The van der Waals surface area contributed by atoms with E-state index in [1.807, 2.05) is 18.2 Å². The van der Waals surface area contributed by atoms with E-state index in [-0.39, 0.29) is 5.91 Å². The van der Waals surface area contributed by atoms with E-state index in [9.17, 15) is 4.79 Å². The molecule has 4 heteroatoms. The number of rotatable bonds is 6. The predicted octanol–water partition coefficient (Wildman–Crippen LogP) is 2.47. The van der Waals surface area contributed by atoms with Crippen molar-refractivity contribution in [2.45, 2.75) is 31.2 Å². The summed E-state index contributed by atoms with van der Waals surface area (Å²) in [5, 5.41) is 3.37. The highest BCUT2D eigenvalue weighted by atomic mass is 32.2. The van der Waals surface area contributed by atoms with Crippen molar-refractivity contribution >= 4 is 23.4 Å². The number of carbonyl (C=O) groups is 1. The van der Waals surface area contributed by atoms with E-state index in [2.05, 4.69) is 25.2 Å². The normalized spacial score (nSPS) is 10.4. The zero-order valence-corrected chi connectivity index (χ0v) is 10.5. The van der Waals surface area contributed by atoms with Crippen molar-refractivity contribution in [1.82, 2.24) is 0 Å². The van der Waals surface area contributed by atoms with Crippen LogP contribution in [0.4, 0.5) is 5.69 Å². The number of benzene rings is 1. The van der Waals surface area contributed by atoms with E-state index in [1.54, 1.807) is 11.8 Å². The molecule has 0 heterocycles. The topological polar surface area (TPSA) is 55.1 Å². The summed E-state index contributed by atoms with van der Waals surface area (Å²) in [4.78, 5) is 11.8. The molecule has 0 bridgehead atoms. The lowest BCUT2D eigenvalue weighted by molar-refractivity contribution is -0.117. The third kappa shape index (κ3) is 4.57. The van der Waals surface area contributed by atoms with Crippen LogP contribution >= 0.6 is 11.8 Å². The molecule has 1 aromatic rings. The summed E-state index contributed by atoms with van der Waals surface area (Å²) >= 11 is 1.65. The molecule has 0 unspecified atom stereocenters. The van der Waals surface area contributed by atoms with Crippen LogP contribution in [0.2, 0.25) is 0 Å². The smallest absolute Gasteiger partial charge is 0.218 e. The first kappa shape index (κ1) is 12.9. The van der Waals surface area contributed by atoms with E-state index < -0.39 is 0 Å². The number of amides is 1. The summed E-state index contributed by atoms with van der Waals surface area (Å²) in [5.41, 5.74) is 6.23. The van der Waals surface area contributed by atoms with Gasteiger partial charge in [0.15, 0.2) is 0 Å². The number of hydrogen-bond acceptors (Lipinski definition) is 3. The monoisotopic (exact) mass is 238 g/mol. The quantitative estimate of drug-likeness (QED) is 0.749. The van der Waals surface area contributed by atoms with E-state index in [0.29, 0.717) is 12.5 Å². The second-order valence-corrected chi connectivity index (χ2v) is 5.00. The fourth-order valence-corrected chi connectivity index (χ4v) is 2.26. The minimum Gasteiger partial charge on any atom is -0.382 e. The minimum atomic E-state index is -0.248. The zero-order chi connectivity index (χ0) is 12.0. The van der Waals surface area contributed by atoms with Crippen LogP contribution < -0.4 is 11.1 Å². The highest BCUT2D eigenvalue weighted by Crippen LogP contribution is 2.27. The lowest BCUT2D eigenvalue weighted by Gasteiger charge is -2.13. The number of nitrogens with two attached hydrogens (primary N) is 1. The number of nitrogens with one attached hydrogen (secondary N) is 1. The number of carbonyl (C=O) groups excluding carboxylic acids is 1. The molecule has 88 valence electrons. The fourth-order valence-electron chi connectivity index (χ4n) is 1.28. The Morgan fingerprint density at radius 3 is 2.75 bits per heavy atom. The number of para-hydroxylation sites is 1. The van der Waals surface area contributed by atoms with Gasteiger partial charge in [0, 0.05) is 28.8 Å². The van der Waals surface area contributed by atoms with Crippen LogP contribution in [0.3, 0.4) is 0 Å². The first-order valence-corrected chi connectivity index (χ1v) is 6.35. The summed E-state index contributed by atoms with van der Waals surface area (Å²) in [5.74, 6) is 0.480. The third-order valence-corrected chi connectivity index (χ3v) is 3.01. The summed E-state index contributed by atoms with van der Waals surface area (Å²) < 4.78 is 0. The molecule has 0 radical (unpaired) electrons. The standard InChI is InChI=1S/C12H18N2OS/c1-9(2)14-10-5-3-4-6-11(10)16-8-7-12(13)15/h3-6,9,14H,7-8H2,1-2H3,(H2,13,15). The van der Waals surface area contributed by atoms with Gasteiger partial charge in [-0.05, 0) is 26.0 Å². The first-order chi connectivity index (χ1) is 7.59. The van der Waals surface area contributed by atoms with E-state index in [4.69, 9.17) is 5.73 Å². The van der Waals surface area contributed by atoms with Gasteiger partial charge in [-0.15, -0.1) is 11.8 Å². The van der Waals surface area contributed by atoms with Crippen LogP contribution in [-0.2, 0) is 4.79 Å². The largest absolute Gasteiger partial charge is 0.382 e. The first-order valence-electron chi connectivity index (χ1n) is 5.36. The van der Waals surface area contributed by atoms with Crippen molar-refractivity contribution in [2.24, 2.45) is 5.73 Å². The molecule has 0 aliphatic heterocycles. The van der Waals surface area contributed by atoms with Crippen LogP contribution in [0.15, 0.2) is 29.2 Å². The van der Waals surface area contributed by atoms with Crippen LogP contribution in [0.5, 0.6) is 0 Å². The molecule has 3 nitrogen and oxygen atoms in total. The maximum absolute atomic E-state index is 10.6. The molecule has 1 rings (SSSR count). The highest BCUT2D eigenvalue weighted by molar-refractivity contribution is 7.99. The summed E-state index contributed by atoms with van der Waals surface area (Å²) in [6.45, 7) is 4.20. The fraction of sp³-hybridized carbons (Fsp3) is 0.417. The Hall–Kier alpha value is -1.16. The molecule has 0 saturated carbocycles. The van der Waals surface area contributed by atoms with Crippen LogP contribution in [0, 0.1) is 0 Å². The summed E-state index contributed by atoms with van der Waals surface area (Å²) in [6.07, 6.45) is 0.417. The van der Waals surface area contributed by atoms with Crippen LogP contribution in [0.1, 0.15) is 20.3 Å². The minimum absolute atomic E-state index is 0.248. The summed E-state index contributed by atoms with van der Waals surface area (Å²) in [6, 6.07) is 8.50. The Kier molecular flexibility index (Phi) is 5.19. The van der Waals surface area contributed by atoms with Gasteiger partial charge in [-0.1, -0.05) is 12.1 Å².